The number of anilines is 1. The summed E-state index contributed by atoms with van der Waals surface area (Å²) in [5.74, 6) is 0.923. The van der Waals surface area contributed by atoms with Crippen molar-refractivity contribution in [3.63, 3.8) is 0 Å². The third-order valence-corrected chi connectivity index (χ3v) is 4.56. The zero-order chi connectivity index (χ0) is 17.1. The molecule has 0 bridgehead atoms. The lowest BCUT2D eigenvalue weighted by Gasteiger charge is -2.29. The molecule has 24 heavy (non-hydrogen) atoms. The minimum absolute atomic E-state index is 0.193. The molecule has 0 saturated heterocycles. The van der Waals surface area contributed by atoms with Crippen LogP contribution in [-0.2, 0) is 20.9 Å². The molecule has 1 fully saturated rings. The smallest absolute Gasteiger partial charge is 0.337 e. The summed E-state index contributed by atoms with van der Waals surface area (Å²) in [6.07, 6.45) is 4.56. The highest BCUT2D eigenvalue weighted by Gasteiger charge is 2.29. The number of carbonyl (C=O) groups is 2. The summed E-state index contributed by atoms with van der Waals surface area (Å²) in [5, 5.41) is 11.2. The quantitative estimate of drug-likeness (QED) is 0.799. The zero-order valence-corrected chi connectivity index (χ0v) is 14.2. The van der Waals surface area contributed by atoms with E-state index in [0.29, 0.717) is 37.3 Å². The van der Waals surface area contributed by atoms with Crippen LogP contribution in [0.2, 0.25) is 0 Å². The molecule has 0 aromatic carbocycles. The minimum atomic E-state index is -0.311. The maximum atomic E-state index is 12.3. The maximum absolute atomic E-state index is 12.3. The van der Waals surface area contributed by atoms with Crippen LogP contribution >= 0.6 is 0 Å². The molecule has 0 radical (unpaired) electrons. The lowest BCUT2D eigenvalue weighted by molar-refractivity contribution is -0.138. The first-order chi connectivity index (χ1) is 11.6. The first-order valence-electron chi connectivity index (χ1n) is 8.62. The van der Waals surface area contributed by atoms with Gasteiger partial charge in [0.25, 0.3) is 0 Å². The fraction of sp³-hybridized carbons (Fsp3) is 0.588. The maximum Gasteiger partial charge on any atom is 0.337 e. The first kappa shape index (κ1) is 16.5. The predicted molar refractivity (Wildman–Crippen MR) is 90.3 cm³/mol. The second-order valence-electron chi connectivity index (χ2n) is 6.11. The van der Waals surface area contributed by atoms with Gasteiger partial charge in [0.05, 0.1) is 36.2 Å². The van der Waals surface area contributed by atoms with E-state index in [1.807, 2.05) is 11.6 Å². The summed E-state index contributed by atoms with van der Waals surface area (Å²) < 4.78 is 7.09. The molecule has 7 nitrogen and oxygen atoms in total. The van der Waals surface area contributed by atoms with Crippen LogP contribution in [0.25, 0.3) is 5.70 Å². The number of nitrogens with one attached hydrogen (secondary N) is 2. The molecule has 0 spiro atoms. The van der Waals surface area contributed by atoms with Gasteiger partial charge in [-0.15, -0.1) is 0 Å². The van der Waals surface area contributed by atoms with Crippen LogP contribution in [0.1, 0.15) is 45.1 Å². The van der Waals surface area contributed by atoms with Crippen LogP contribution in [-0.4, -0.2) is 40.7 Å². The molecule has 7 heteroatoms. The van der Waals surface area contributed by atoms with Gasteiger partial charge >= 0.3 is 5.97 Å². The molecule has 1 aromatic heterocycles. The number of hydrogen-bond acceptors (Lipinski definition) is 6. The van der Waals surface area contributed by atoms with E-state index >= 15 is 0 Å². The monoisotopic (exact) mass is 332 g/mol. The number of esters is 1. The highest BCUT2D eigenvalue weighted by atomic mass is 16.5. The Morgan fingerprint density at radius 3 is 2.83 bits per heavy atom. The second-order valence-corrected chi connectivity index (χ2v) is 6.11. The SMILES string of the molecule is CCOC(=O)C1=C(NC2CCC(=O)CC2)c2cnn(CC)c2NC1. The van der Waals surface area contributed by atoms with Gasteiger partial charge in [0.1, 0.15) is 11.6 Å². The Morgan fingerprint density at radius 1 is 1.42 bits per heavy atom. The van der Waals surface area contributed by atoms with Crippen molar-refractivity contribution in [1.29, 1.82) is 0 Å². The van der Waals surface area contributed by atoms with Gasteiger partial charge in [0.15, 0.2) is 0 Å². The average Bonchev–Trinajstić information content (AvgIpc) is 3.01. The summed E-state index contributed by atoms with van der Waals surface area (Å²) in [4.78, 5) is 23.8. The molecular formula is C17H24N4O3. The van der Waals surface area contributed by atoms with Gasteiger partial charge in [-0.3, -0.25) is 4.79 Å². The molecule has 2 heterocycles. The van der Waals surface area contributed by atoms with Crippen LogP contribution in [0.5, 0.6) is 0 Å². The Labute approximate surface area is 141 Å². The van der Waals surface area contributed by atoms with E-state index in [-0.39, 0.29) is 12.0 Å². The molecule has 0 atom stereocenters. The van der Waals surface area contributed by atoms with E-state index in [0.717, 1.165) is 36.5 Å². The molecule has 2 N–H and O–H groups in total. The number of aromatic nitrogens is 2. The molecule has 1 aliphatic carbocycles. The van der Waals surface area contributed by atoms with E-state index in [1.165, 1.54) is 0 Å². The molecular weight excluding hydrogens is 308 g/mol. The van der Waals surface area contributed by atoms with Crippen molar-refractivity contribution in [2.45, 2.75) is 52.1 Å². The van der Waals surface area contributed by atoms with Crippen molar-refractivity contribution in [2.75, 3.05) is 18.5 Å². The van der Waals surface area contributed by atoms with Crippen LogP contribution < -0.4 is 10.6 Å². The van der Waals surface area contributed by atoms with Gasteiger partial charge in [-0.05, 0) is 26.7 Å². The zero-order valence-electron chi connectivity index (χ0n) is 14.2. The molecule has 0 amide bonds. The second kappa shape index (κ2) is 7.07. The largest absolute Gasteiger partial charge is 0.463 e. The summed E-state index contributed by atoms with van der Waals surface area (Å²) in [7, 11) is 0. The summed E-state index contributed by atoms with van der Waals surface area (Å²) in [6.45, 7) is 5.33. The Morgan fingerprint density at radius 2 is 2.17 bits per heavy atom. The number of aryl methyl sites for hydroxylation is 1. The van der Waals surface area contributed by atoms with Crippen molar-refractivity contribution in [2.24, 2.45) is 0 Å². The summed E-state index contributed by atoms with van der Waals surface area (Å²) in [6, 6.07) is 0.193. The van der Waals surface area contributed by atoms with E-state index in [9.17, 15) is 9.59 Å². The van der Waals surface area contributed by atoms with Crippen LogP contribution in [0, 0.1) is 0 Å². The van der Waals surface area contributed by atoms with Gasteiger partial charge in [0, 0.05) is 25.4 Å². The Hall–Kier alpha value is -2.31. The summed E-state index contributed by atoms with van der Waals surface area (Å²) >= 11 is 0. The number of ether oxygens (including phenoxy) is 1. The molecule has 1 saturated carbocycles. The minimum Gasteiger partial charge on any atom is -0.463 e. The van der Waals surface area contributed by atoms with Crippen LogP contribution in [0.3, 0.4) is 0 Å². The van der Waals surface area contributed by atoms with Gasteiger partial charge in [-0.2, -0.15) is 5.10 Å². The van der Waals surface area contributed by atoms with Crippen LogP contribution in [0.15, 0.2) is 11.8 Å². The molecule has 1 aromatic rings. The van der Waals surface area contributed by atoms with E-state index in [2.05, 4.69) is 15.7 Å². The highest BCUT2D eigenvalue weighted by Crippen LogP contribution is 2.31. The molecule has 130 valence electrons. The Balaban J connectivity index is 1.92. The molecule has 1 aliphatic heterocycles. The number of carbonyl (C=O) groups excluding carboxylic acids is 2. The van der Waals surface area contributed by atoms with E-state index < -0.39 is 0 Å². The van der Waals surface area contributed by atoms with Crippen molar-refractivity contribution >= 4 is 23.3 Å². The predicted octanol–water partition coefficient (Wildman–Crippen LogP) is 1.70. The van der Waals surface area contributed by atoms with E-state index in [1.54, 1.807) is 13.1 Å². The fourth-order valence-electron chi connectivity index (χ4n) is 3.26. The Kier molecular flexibility index (Phi) is 4.87. The van der Waals surface area contributed by atoms with Crippen molar-refractivity contribution in [1.82, 2.24) is 15.1 Å². The number of hydrogen-bond donors (Lipinski definition) is 2. The number of rotatable bonds is 5. The van der Waals surface area contributed by atoms with Crippen molar-refractivity contribution in [3.05, 3.63) is 17.3 Å². The lowest BCUT2D eigenvalue weighted by atomic mass is 9.93. The first-order valence-corrected chi connectivity index (χ1v) is 8.62. The molecule has 3 rings (SSSR count). The summed E-state index contributed by atoms with van der Waals surface area (Å²) in [5.41, 5.74) is 2.28. The average molecular weight is 332 g/mol. The van der Waals surface area contributed by atoms with E-state index in [4.69, 9.17) is 4.74 Å². The topological polar surface area (TPSA) is 85.2 Å². The normalized spacial score (nSPS) is 18.2. The standard InChI is InChI=1S/C17H24N4O3/c1-3-21-16-13(10-19-21)15(14(9-18-16)17(23)24-4-2)20-11-5-7-12(22)8-6-11/h10-11,18,20H,3-9H2,1-2H3. The number of ketones is 1. The van der Waals surface area contributed by atoms with Gasteiger partial charge in [-0.25, -0.2) is 9.48 Å². The highest BCUT2D eigenvalue weighted by molar-refractivity contribution is 6.01. The van der Waals surface area contributed by atoms with Crippen molar-refractivity contribution in [3.8, 4) is 0 Å². The Bertz CT molecular complexity index is 667. The third kappa shape index (κ3) is 3.16. The molecule has 2 aliphatic rings. The fourth-order valence-corrected chi connectivity index (χ4v) is 3.26. The van der Waals surface area contributed by atoms with Gasteiger partial charge < -0.3 is 15.4 Å². The van der Waals surface area contributed by atoms with Gasteiger partial charge in [-0.1, -0.05) is 0 Å². The number of Topliss-reactive ketones (excluding diaryl/α,β-unsaturated/α-hetero) is 1. The number of fused-ring (bicyclic) bond motifs is 1. The lowest BCUT2D eigenvalue weighted by Crippen LogP contribution is -2.36. The number of nitrogens with zero attached hydrogens (tertiary/aromatic N) is 2. The molecule has 0 unspecified atom stereocenters. The van der Waals surface area contributed by atoms with Crippen molar-refractivity contribution < 1.29 is 14.3 Å². The van der Waals surface area contributed by atoms with Crippen LogP contribution in [0.4, 0.5) is 5.82 Å². The third-order valence-electron chi connectivity index (χ3n) is 4.56. The van der Waals surface area contributed by atoms with Gasteiger partial charge in [0.2, 0.25) is 0 Å².